The van der Waals surface area contributed by atoms with E-state index in [2.05, 4.69) is 9.72 Å². The van der Waals surface area contributed by atoms with Gasteiger partial charge in [-0.1, -0.05) is 6.07 Å². The predicted octanol–water partition coefficient (Wildman–Crippen LogP) is 1.31. The Morgan fingerprint density at radius 1 is 1.47 bits per heavy atom. The summed E-state index contributed by atoms with van der Waals surface area (Å²) in [5, 5.41) is 7.02. The lowest BCUT2D eigenvalue weighted by atomic mass is 10.3. The van der Waals surface area contributed by atoms with Crippen molar-refractivity contribution in [2.75, 3.05) is 6.61 Å². The van der Waals surface area contributed by atoms with E-state index >= 15 is 0 Å². The lowest BCUT2D eigenvalue weighted by molar-refractivity contribution is -0.154. The molecule has 0 aromatic carbocycles. The molecule has 0 unspecified atom stereocenters. The van der Waals surface area contributed by atoms with E-state index in [1.165, 1.54) is 18.2 Å². The summed E-state index contributed by atoms with van der Waals surface area (Å²) >= 11 is 0. The van der Waals surface area contributed by atoms with E-state index in [-0.39, 0.29) is 17.4 Å². The average molecular weight is 219 g/mol. The maximum absolute atomic E-state index is 11.8. The van der Waals surface area contributed by atoms with Crippen molar-refractivity contribution in [3.05, 3.63) is 23.9 Å². The monoisotopic (exact) mass is 219 g/mol. The van der Waals surface area contributed by atoms with Crippen molar-refractivity contribution in [2.45, 2.75) is 6.18 Å². The first-order valence-corrected chi connectivity index (χ1v) is 3.89. The van der Waals surface area contributed by atoms with Crippen LogP contribution in [0.15, 0.2) is 18.2 Å². The van der Waals surface area contributed by atoms with Crippen molar-refractivity contribution >= 4 is 5.84 Å². The molecule has 82 valence electrons. The van der Waals surface area contributed by atoms with Gasteiger partial charge in [-0.05, 0) is 6.07 Å². The van der Waals surface area contributed by atoms with Gasteiger partial charge in [0, 0.05) is 6.07 Å². The molecule has 1 aromatic rings. The number of nitrogen functional groups attached to an aromatic ring is 1. The summed E-state index contributed by atoms with van der Waals surface area (Å²) in [4.78, 5) is 3.60. The highest BCUT2D eigenvalue weighted by Crippen LogP contribution is 2.16. The van der Waals surface area contributed by atoms with Crippen molar-refractivity contribution in [3.8, 4) is 5.88 Å². The molecule has 0 aliphatic rings. The molecular formula is C8H8F3N3O. The van der Waals surface area contributed by atoms with E-state index in [9.17, 15) is 13.2 Å². The molecule has 15 heavy (non-hydrogen) atoms. The zero-order valence-corrected chi connectivity index (χ0v) is 7.51. The third-order valence-corrected chi connectivity index (χ3v) is 1.38. The average Bonchev–Trinajstić information content (AvgIpc) is 2.14. The van der Waals surface area contributed by atoms with Crippen LogP contribution in [0.5, 0.6) is 5.88 Å². The van der Waals surface area contributed by atoms with Crippen molar-refractivity contribution in [1.29, 1.82) is 5.41 Å². The molecule has 0 saturated heterocycles. The maximum atomic E-state index is 11.8. The van der Waals surface area contributed by atoms with E-state index in [0.717, 1.165) is 0 Å². The molecule has 0 saturated carbocycles. The molecule has 0 radical (unpaired) electrons. The third kappa shape index (κ3) is 3.84. The summed E-state index contributed by atoms with van der Waals surface area (Å²) in [5.41, 5.74) is 5.19. The molecule has 0 fully saturated rings. The van der Waals surface area contributed by atoms with Gasteiger partial charge in [-0.3, -0.25) is 5.41 Å². The smallest absolute Gasteiger partial charge is 0.422 e. The number of amidine groups is 1. The van der Waals surface area contributed by atoms with E-state index in [4.69, 9.17) is 11.1 Å². The fourth-order valence-electron chi connectivity index (χ4n) is 0.801. The minimum absolute atomic E-state index is 0.0784. The first-order chi connectivity index (χ1) is 6.88. The fraction of sp³-hybridized carbons (Fsp3) is 0.250. The molecule has 1 aromatic heterocycles. The van der Waals surface area contributed by atoms with Crippen LogP contribution in [-0.2, 0) is 0 Å². The van der Waals surface area contributed by atoms with Crippen molar-refractivity contribution in [3.63, 3.8) is 0 Å². The van der Waals surface area contributed by atoms with Gasteiger partial charge in [0.25, 0.3) is 0 Å². The van der Waals surface area contributed by atoms with E-state index < -0.39 is 12.8 Å². The summed E-state index contributed by atoms with van der Waals surface area (Å²) in [6.07, 6.45) is -4.41. The van der Waals surface area contributed by atoms with E-state index in [1.54, 1.807) is 0 Å². The van der Waals surface area contributed by atoms with Gasteiger partial charge in [0.2, 0.25) is 5.88 Å². The molecule has 0 aliphatic carbocycles. The van der Waals surface area contributed by atoms with Crippen LogP contribution in [0.2, 0.25) is 0 Å². The topological polar surface area (TPSA) is 72.0 Å². The quantitative estimate of drug-likeness (QED) is 0.594. The number of aromatic nitrogens is 1. The molecular weight excluding hydrogens is 211 g/mol. The Balaban J connectivity index is 2.70. The highest BCUT2D eigenvalue weighted by atomic mass is 19.4. The van der Waals surface area contributed by atoms with Crippen LogP contribution in [0.25, 0.3) is 0 Å². The molecule has 0 aliphatic heterocycles. The third-order valence-electron chi connectivity index (χ3n) is 1.38. The number of nitrogens with one attached hydrogen (secondary N) is 1. The molecule has 0 atom stereocenters. The van der Waals surface area contributed by atoms with Gasteiger partial charge in [0.05, 0.1) is 0 Å². The van der Waals surface area contributed by atoms with Gasteiger partial charge >= 0.3 is 6.18 Å². The summed E-state index contributed by atoms with van der Waals surface area (Å²) in [5.74, 6) is -0.535. The van der Waals surface area contributed by atoms with Gasteiger partial charge < -0.3 is 10.5 Å². The summed E-state index contributed by atoms with van der Waals surface area (Å²) in [6, 6.07) is 4.08. The second kappa shape index (κ2) is 4.16. The van der Waals surface area contributed by atoms with Crippen LogP contribution in [0.3, 0.4) is 0 Å². The summed E-state index contributed by atoms with van der Waals surface area (Å²) in [7, 11) is 0. The standard InChI is InChI=1S/C8H8F3N3O/c9-8(10,11)4-15-6-3-1-2-5(14-6)7(12)13/h1-3H,4H2,(H3,12,13). The highest BCUT2D eigenvalue weighted by Gasteiger charge is 2.28. The van der Waals surface area contributed by atoms with Crippen LogP contribution in [0.1, 0.15) is 5.69 Å². The minimum Gasteiger partial charge on any atom is -0.468 e. The Morgan fingerprint density at radius 3 is 2.67 bits per heavy atom. The predicted molar refractivity (Wildman–Crippen MR) is 46.8 cm³/mol. The van der Waals surface area contributed by atoms with Crippen molar-refractivity contribution < 1.29 is 17.9 Å². The molecule has 1 rings (SSSR count). The Bertz CT molecular complexity index is 364. The number of hydrogen-bond acceptors (Lipinski definition) is 3. The Labute approximate surface area is 83.4 Å². The lowest BCUT2D eigenvalue weighted by Crippen LogP contribution is -2.20. The lowest BCUT2D eigenvalue weighted by Gasteiger charge is -2.08. The highest BCUT2D eigenvalue weighted by molar-refractivity contribution is 5.93. The number of nitrogens with zero attached hydrogens (tertiary/aromatic N) is 1. The number of ether oxygens (including phenoxy) is 1. The summed E-state index contributed by atoms with van der Waals surface area (Å²) in [6.45, 7) is -1.42. The number of alkyl halides is 3. The molecule has 4 nitrogen and oxygen atoms in total. The zero-order valence-electron chi connectivity index (χ0n) is 7.51. The van der Waals surface area contributed by atoms with Crippen molar-refractivity contribution in [2.24, 2.45) is 5.73 Å². The molecule has 7 heteroatoms. The number of hydrogen-bond donors (Lipinski definition) is 2. The Hall–Kier alpha value is -1.79. The molecule has 0 spiro atoms. The van der Waals surface area contributed by atoms with Crippen molar-refractivity contribution in [1.82, 2.24) is 4.98 Å². The minimum atomic E-state index is -4.41. The number of nitrogens with two attached hydrogens (primary N) is 1. The number of halogens is 3. The van der Waals surface area contributed by atoms with Crippen LogP contribution in [0, 0.1) is 5.41 Å². The van der Waals surface area contributed by atoms with Crippen LogP contribution < -0.4 is 10.5 Å². The van der Waals surface area contributed by atoms with Crippen LogP contribution in [-0.4, -0.2) is 23.6 Å². The van der Waals surface area contributed by atoms with Crippen LogP contribution >= 0.6 is 0 Å². The second-order valence-electron chi connectivity index (χ2n) is 2.68. The van der Waals surface area contributed by atoms with E-state index in [0.29, 0.717) is 0 Å². The molecule has 0 bridgehead atoms. The SMILES string of the molecule is N=C(N)c1cccc(OCC(F)(F)F)n1. The first kappa shape index (κ1) is 11.3. The second-order valence-corrected chi connectivity index (χ2v) is 2.68. The van der Waals surface area contributed by atoms with Crippen LogP contribution in [0.4, 0.5) is 13.2 Å². The largest absolute Gasteiger partial charge is 0.468 e. The molecule has 1 heterocycles. The van der Waals surface area contributed by atoms with Gasteiger partial charge in [0.15, 0.2) is 6.61 Å². The van der Waals surface area contributed by atoms with Gasteiger partial charge in [-0.25, -0.2) is 4.98 Å². The normalized spacial score (nSPS) is 11.1. The first-order valence-electron chi connectivity index (χ1n) is 3.89. The summed E-state index contributed by atoms with van der Waals surface area (Å²) < 4.78 is 39.7. The van der Waals surface area contributed by atoms with Gasteiger partial charge in [-0.2, -0.15) is 13.2 Å². The number of rotatable bonds is 3. The zero-order chi connectivity index (χ0) is 11.5. The van der Waals surface area contributed by atoms with Gasteiger partial charge in [0.1, 0.15) is 11.5 Å². The maximum Gasteiger partial charge on any atom is 0.422 e. The molecule has 3 N–H and O–H groups in total. The van der Waals surface area contributed by atoms with E-state index in [1.807, 2.05) is 0 Å². The fourth-order valence-corrected chi connectivity index (χ4v) is 0.801. The Kier molecular flexibility index (Phi) is 3.13. The van der Waals surface area contributed by atoms with Gasteiger partial charge in [-0.15, -0.1) is 0 Å². The molecule has 0 amide bonds. The number of pyridine rings is 1. The Morgan fingerprint density at radius 2 is 2.13 bits per heavy atom.